The van der Waals surface area contributed by atoms with Crippen molar-refractivity contribution >= 4 is 16.9 Å². The molecule has 0 N–H and O–H groups in total. The van der Waals surface area contributed by atoms with Crippen molar-refractivity contribution in [1.29, 1.82) is 0 Å². The van der Waals surface area contributed by atoms with E-state index in [1.54, 1.807) is 12.5 Å². The second-order valence-corrected chi connectivity index (χ2v) is 10.1. The van der Waals surface area contributed by atoms with E-state index in [9.17, 15) is 4.79 Å². The maximum absolute atomic E-state index is 13.1. The maximum atomic E-state index is 13.1. The molecule has 0 amide bonds. The molecule has 4 heteroatoms. The van der Waals surface area contributed by atoms with Gasteiger partial charge in [0, 0.05) is 5.56 Å². The maximum Gasteiger partial charge on any atom is 0.339 e. The summed E-state index contributed by atoms with van der Waals surface area (Å²) < 4.78 is 11.4. The van der Waals surface area contributed by atoms with Gasteiger partial charge in [0.25, 0.3) is 0 Å². The second-order valence-electron chi connectivity index (χ2n) is 8.06. The fraction of sp³-hybridized carbons (Fsp3) is 0.179. The molecule has 5 rings (SSSR count). The smallest absolute Gasteiger partial charge is 0.339 e. The summed E-state index contributed by atoms with van der Waals surface area (Å²) in [4.78, 5) is 16.7. The molecular formula is C28H25O3S+. The summed E-state index contributed by atoms with van der Waals surface area (Å²) >= 11 is 0. The largest absolute Gasteiger partial charge is 0.472 e. The summed E-state index contributed by atoms with van der Waals surface area (Å²) in [6.45, 7) is 0. The molecule has 160 valence electrons. The Morgan fingerprint density at radius 1 is 0.750 bits per heavy atom. The van der Waals surface area contributed by atoms with E-state index < -0.39 is 5.60 Å². The highest BCUT2D eigenvalue weighted by atomic mass is 32.2. The summed E-state index contributed by atoms with van der Waals surface area (Å²) in [6, 6.07) is 30.8. The Morgan fingerprint density at radius 3 is 1.84 bits per heavy atom. The van der Waals surface area contributed by atoms with Crippen LogP contribution in [0.25, 0.3) is 0 Å². The van der Waals surface area contributed by atoms with Gasteiger partial charge >= 0.3 is 5.97 Å². The van der Waals surface area contributed by atoms with E-state index in [2.05, 4.69) is 60.7 Å². The molecule has 0 atom stereocenters. The molecule has 32 heavy (non-hydrogen) atoms. The standard InChI is InChI=1S/C28H25O3S/c29-27(31-28(18-7-8-19-28)23-17-20-30-21-23)22-13-15-26(16-14-22)32(24-9-3-1-4-10-24)25-11-5-2-6-12-25/h1-6,9-17,20-21H,7-8,18-19H2/q+1. The molecular weight excluding hydrogens is 416 g/mol. The predicted octanol–water partition coefficient (Wildman–Crippen LogP) is 7.00. The highest BCUT2D eigenvalue weighted by Gasteiger charge is 2.40. The Kier molecular flexibility index (Phi) is 5.87. The molecule has 0 unspecified atom stereocenters. The van der Waals surface area contributed by atoms with Gasteiger partial charge in [-0.3, -0.25) is 0 Å². The Morgan fingerprint density at radius 2 is 1.31 bits per heavy atom. The average Bonchev–Trinajstić information content (AvgIpc) is 3.54. The van der Waals surface area contributed by atoms with Crippen LogP contribution in [0.4, 0.5) is 0 Å². The molecule has 1 heterocycles. The molecule has 0 aliphatic heterocycles. The number of furan rings is 1. The first-order valence-corrected chi connectivity index (χ1v) is 12.2. The van der Waals surface area contributed by atoms with Gasteiger partial charge in [-0.1, -0.05) is 36.4 Å². The lowest BCUT2D eigenvalue weighted by atomic mass is 9.94. The molecule has 1 saturated carbocycles. The van der Waals surface area contributed by atoms with Gasteiger partial charge in [-0.25, -0.2) is 4.79 Å². The van der Waals surface area contributed by atoms with Crippen LogP contribution in [-0.4, -0.2) is 5.97 Å². The lowest BCUT2D eigenvalue weighted by Gasteiger charge is -2.28. The number of esters is 1. The first kappa shape index (κ1) is 20.7. The van der Waals surface area contributed by atoms with Gasteiger partial charge in [0.1, 0.15) is 5.60 Å². The Balaban J connectivity index is 1.42. The van der Waals surface area contributed by atoms with Gasteiger partial charge in [0.2, 0.25) is 0 Å². The van der Waals surface area contributed by atoms with E-state index in [1.807, 2.05) is 30.3 Å². The molecule has 1 aliphatic rings. The first-order valence-electron chi connectivity index (χ1n) is 11.0. The van der Waals surface area contributed by atoms with E-state index in [0.29, 0.717) is 5.56 Å². The van der Waals surface area contributed by atoms with Crippen molar-refractivity contribution in [3.8, 4) is 0 Å². The van der Waals surface area contributed by atoms with E-state index in [1.165, 1.54) is 14.7 Å². The van der Waals surface area contributed by atoms with Crippen LogP contribution >= 0.6 is 0 Å². The van der Waals surface area contributed by atoms with Crippen LogP contribution in [0.3, 0.4) is 0 Å². The molecule has 1 fully saturated rings. The molecule has 1 aliphatic carbocycles. The zero-order valence-electron chi connectivity index (χ0n) is 17.8. The van der Waals surface area contributed by atoms with Gasteiger partial charge in [-0.05, 0) is 80.3 Å². The number of hydrogen-bond acceptors (Lipinski definition) is 3. The van der Waals surface area contributed by atoms with Crippen LogP contribution in [0.15, 0.2) is 123 Å². The fourth-order valence-corrected chi connectivity index (χ4v) is 6.49. The predicted molar refractivity (Wildman–Crippen MR) is 126 cm³/mol. The Labute approximate surface area is 191 Å². The number of rotatable bonds is 6. The topological polar surface area (TPSA) is 39.4 Å². The highest BCUT2D eigenvalue weighted by Crippen LogP contribution is 2.43. The number of carbonyl (C=O) groups excluding carboxylic acids is 1. The van der Waals surface area contributed by atoms with Crippen molar-refractivity contribution in [2.75, 3.05) is 0 Å². The van der Waals surface area contributed by atoms with E-state index in [0.717, 1.165) is 31.2 Å². The summed E-state index contributed by atoms with van der Waals surface area (Å²) in [5.41, 5.74) is 0.962. The van der Waals surface area contributed by atoms with Crippen molar-refractivity contribution in [3.05, 3.63) is 115 Å². The first-order chi connectivity index (χ1) is 15.8. The number of benzene rings is 3. The Hall–Kier alpha value is -3.24. The zero-order valence-corrected chi connectivity index (χ0v) is 18.6. The van der Waals surface area contributed by atoms with Gasteiger partial charge in [0.05, 0.1) is 29.0 Å². The minimum absolute atomic E-state index is 0.237. The minimum atomic E-state index is -0.568. The molecule has 0 bridgehead atoms. The van der Waals surface area contributed by atoms with Crippen molar-refractivity contribution in [2.45, 2.75) is 46.0 Å². The lowest BCUT2D eigenvalue weighted by molar-refractivity contribution is -0.0186. The third kappa shape index (κ3) is 4.11. The summed E-state index contributed by atoms with van der Waals surface area (Å²) in [5.74, 6) is -0.279. The van der Waals surface area contributed by atoms with E-state index in [-0.39, 0.29) is 16.9 Å². The monoisotopic (exact) mass is 441 g/mol. The van der Waals surface area contributed by atoms with Crippen molar-refractivity contribution in [1.82, 2.24) is 0 Å². The van der Waals surface area contributed by atoms with E-state index >= 15 is 0 Å². The quantitative estimate of drug-likeness (QED) is 0.239. The molecule has 3 nitrogen and oxygen atoms in total. The van der Waals surface area contributed by atoms with Gasteiger partial charge in [-0.2, -0.15) is 0 Å². The van der Waals surface area contributed by atoms with Crippen LogP contribution < -0.4 is 0 Å². The molecule has 4 aromatic rings. The molecule has 0 spiro atoms. The van der Waals surface area contributed by atoms with Crippen molar-refractivity contribution < 1.29 is 13.9 Å². The molecule has 0 radical (unpaired) electrons. The number of hydrogen-bond donors (Lipinski definition) is 0. The van der Waals surface area contributed by atoms with E-state index in [4.69, 9.17) is 9.15 Å². The number of ether oxygens (including phenoxy) is 1. The summed E-state index contributed by atoms with van der Waals surface area (Å²) in [6.07, 6.45) is 7.12. The highest BCUT2D eigenvalue weighted by molar-refractivity contribution is 7.97. The lowest BCUT2D eigenvalue weighted by Crippen LogP contribution is -2.29. The zero-order chi connectivity index (χ0) is 21.8. The minimum Gasteiger partial charge on any atom is -0.472 e. The Bertz CT molecular complexity index is 1110. The second kappa shape index (κ2) is 9.09. The van der Waals surface area contributed by atoms with Gasteiger partial charge < -0.3 is 9.15 Å². The SMILES string of the molecule is O=C(OC1(c2ccoc2)CCCC1)c1ccc([S+](c2ccccc2)c2ccccc2)cc1. The number of carbonyl (C=O) groups is 1. The van der Waals surface area contributed by atoms with Crippen molar-refractivity contribution in [2.24, 2.45) is 0 Å². The summed E-state index contributed by atoms with van der Waals surface area (Å²) in [7, 11) is -0.237. The van der Waals surface area contributed by atoms with Crippen molar-refractivity contribution in [3.63, 3.8) is 0 Å². The molecule has 0 saturated heterocycles. The fourth-order valence-electron chi connectivity index (χ4n) is 4.40. The third-order valence-electron chi connectivity index (χ3n) is 6.03. The van der Waals surface area contributed by atoms with Gasteiger partial charge in [-0.15, -0.1) is 0 Å². The van der Waals surface area contributed by atoms with Crippen LogP contribution in [0.1, 0.15) is 41.6 Å². The molecule has 1 aromatic heterocycles. The normalized spacial score (nSPS) is 15.0. The summed E-state index contributed by atoms with van der Waals surface area (Å²) in [5, 5.41) is 0. The van der Waals surface area contributed by atoms with Crippen LogP contribution in [0.5, 0.6) is 0 Å². The third-order valence-corrected chi connectivity index (χ3v) is 8.26. The van der Waals surface area contributed by atoms with Gasteiger partial charge in [0.15, 0.2) is 14.7 Å². The van der Waals surface area contributed by atoms with Crippen LogP contribution in [-0.2, 0) is 21.2 Å². The van der Waals surface area contributed by atoms with Crippen LogP contribution in [0, 0.1) is 0 Å². The molecule has 3 aromatic carbocycles. The van der Waals surface area contributed by atoms with Crippen LogP contribution in [0.2, 0.25) is 0 Å². The average molecular weight is 442 g/mol.